The molecule has 0 aliphatic heterocycles. The van der Waals surface area contributed by atoms with Gasteiger partial charge in [-0.1, -0.05) is 25.4 Å². The van der Waals surface area contributed by atoms with Gasteiger partial charge in [-0.2, -0.15) is 0 Å². The maximum atomic E-state index is 12.1. The molecule has 0 saturated heterocycles. The Kier molecular flexibility index (Phi) is 7.40. The number of carbonyl (C=O) groups excluding carboxylic acids is 3. The van der Waals surface area contributed by atoms with Crippen LogP contribution in [0.3, 0.4) is 0 Å². The van der Waals surface area contributed by atoms with Gasteiger partial charge in [0, 0.05) is 22.2 Å². The fourth-order valence-electron chi connectivity index (χ4n) is 2.08. The lowest BCUT2D eigenvalue weighted by molar-refractivity contribution is -0.123. The minimum absolute atomic E-state index is 0.111. The molecule has 0 atom stereocenters. The van der Waals surface area contributed by atoms with E-state index < -0.39 is 11.8 Å². The van der Waals surface area contributed by atoms with Crippen molar-refractivity contribution in [2.24, 2.45) is 5.92 Å². The zero-order valence-electron chi connectivity index (χ0n) is 15.8. The second kappa shape index (κ2) is 9.75. The van der Waals surface area contributed by atoms with Crippen LogP contribution in [0.2, 0.25) is 5.02 Å². The standard InChI is InChI=1S/C20H22ClN3O4/c1-12(2)19(26)22-15-6-4-14(5-7-15)20(27)24-23-18(25)11-28-16-8-9-17(21)13(3)10-16/h4-10,12H,11H2,1-3H3,(H,22,26)(H,23,25)(H,24,27). The van der Waals surface area contributed by atoms with Gasteiger partial charge in [0.1, 0.15) is 5.75 Å². The van der Waals surface area contributed by atoms with Crippen molar-refractivity contribution in [2.75, 3.05) is 11.9 Å². The summed E-state index contributed by atoms with van der Waals surface area (Å²) in [7, 11) is 0. The fourth-order valence-corrected chi connectivity index (χ4v) is 2.20. The number of hydrogen-bond donors (Lipinski definition) is 3. The lowest BCUT2D eigenvalue weighted by atomic mass is 10.1. The molecule has 2 aromatic rings. The predicted octanol–water partition coefficient (Wildman–Crippen LogP) is 3.08. The van der Waals surface area contributed by atoms with Crippen LogP contribution in [0.15, 0.2) is 42.5 Å². The summed E-state index contributed by atoms with van der Waals surface area (Å²) in [4.78, 5) is 35.5. The van der Waals surface area contributed by atoms with E-state index in [1.54, 1.807) is 56.3 Å². The molecule has 2 aromatic carbocycles. The Morgan fingerprint density at radius 3 is 2.32 bits per heavy atom. The first-order valence-electron chi connectivity index (χ1n) is 8.65. The van der Waals surface area contributed by atoms with Crippen LogP contribution in [0, 0.1) is 12.8 Å². The molecule has 0 radical (unpaired) electrons. The molecule has 0 bridgehead atoms. The molecule has 3 amide bonds. The summed E-state index contributed by atoms with van der Waals surface area (Å²) < 4.78 is 5.35. The molecule has 7 nitrogen and oxygen atoms in total. The first-order chi connectivity index (χ1) is 13.3. The van der Waals surface area contributed by atoms with E-state index in [1.165, 1.54) is 0 Å². The van der Waals surface area contributed by atoms with Gasteiger partial charge in [-0.05, 0) is 55.0 Å². The van der Waals surface area contributed by atoms with Crippen LogP contribution < -0.4 is 20.9 Å². The summed E-state index contributed by atoms with van der Waals surface area (Å²) in [5.41, 5.74) is 6.34. The Morgan fingerprint density at radius 2 is 1.71 bits per heavy atom. The number of anilines is 1. The normalized spacial score (nSPS) is 10.3. The quantitative estimate of drug-likeness (QED) is 0.646. The zero-order chi connectivity index (χ0) is 20.7. The van der Waals surface area contributed by atoms with E-state index in [0.29, 0.717) is 22.0 Å². The Hall–Kier alpha value is -3.06. The Labute approximate surface area is 168 Å². The Balaban J connectivity index is 1.80. The third-order valence-corrected chi connectivity index (χ3v) is 4.18. The van der Waals surface area contributed by atoms with Gasteiger partial charge in [-0.25, -0.2) is 0 Å². The molecule has 0 aliphatic carbocycles. The molecule has 0 aromatic heterocycles. The van der Waals surface area contributed by atoms with Gasteiger partial charge >= 0.3 is 0 Å². The number of amides is 3. The lowest BCUT2D eigenvalue weighted by Gasteiger charge is -2.10. The van der Waals surface area contributed by atoms with Crippen LogP contribution in [-0.2, 0) is 9.59 Å². The van der Waals surface area contributed by atoms with E-state index in [9.17, 15) is 14.4 Å². The molecule has 0 fully saturated rings. The first kappa shape index (κ1) is 21.2. The monoisotopic (exact) mass is 403 g/mol. The second-order valence-electron chi connectivity index (χ2n) is 6.42. The van der Waals surface area contributed by atoms with Crippen molar-refractivity contribution in [3.05, 3.63) is 58.6 Å². The number of ether oxygens (including phenoxy) is 1. The molecular formula is C20H22ClN3O4. The largest absolute Gasteiger partial charge is 0.484 e. The molecule has 148 valence electrons. The maximum absolute atomic E-state index is 12.1. The highest BCUT2D eigenvalue weighted by Crippen LogP contribution is 2.20. The SMILES string of the molecule is Cc1cc(OCC(=O)NNC(=O)c2ccc(NC(=O)C(C)C)cc2)ccc1Cl. The van der Waals surface area contributed by atoms with Gasteiger partial charge in [0.15, 0.2) is 6.61 Å². The Morgan fingerprint density at radius 1 is 1.04 bits per heavy atom. The molecule has 0 heterocycles. The van der Waals surface area contributed by atoms with Crippen LogP contribution in [-0.4, -0.2) is 24.3 Å². The topological polar surface area (TPSA) is 96.5 Å². The fraction of sp³-hybridized carbons (Fsp3) is 0.250. The number of rotatable bonds is 6. The molecule has 0 unspecified atom stereocenters. The minimum atomic E-state index is -0.512. The molecule has 28 heavy (non-hydrogen) atoms. The number of hydrazine groups is 1. The van der Waals surface area contributed by atoms with Crippen LogP contribution in [0.25, 0.3) is 0 Å². The molecule has 0 spiro atoms. The highest BCUT2D eigenvalue weighted by atomic mass is 35.5. The van der Waals surface area contributed by atoms with E-state index in [0.717, 1.165) is 5.56 Å². The molecular weight excluding hydrogens is 382 g/mol. The van der Waals surface area contributed by atoms with Crippen molar-refractivity contribution in [3.63, 3.8) is 0 Å². The minimum Gasteiger partial charge on any atom is -0.484 e. The van der Waals surface area contributed by atoms with Crippen molar-refractivity contribution < 1.29 is 19.1 Å². The smallest absolute Gasteiger partial charge is 0.276 e. The van der Waals surface area contributed by atoms with Crippen molar-refractivity contribution in [1.29, 1.82) is 0 Å². The van der Waals surface area contributed by atoms with E-state index >= 15 is 0 Å². The number of halogens is 1. The highest BCUT2D eigenvalue weighted by molar-refractivity contribution is 6.31. The predicted molar refractivity (Wildman–Crippen MR) is 107 cm³/mol. The highest BCUT2D eigenvalue weighted by Gasteiger charge is 2.10. The van der Waals surface area contributed by atoms with E-state index in [2.05, 4.69) is 16.2 Å². The number of nitrogens with one attached hydrogen (secondary N) is 3. The summed E-state index contributed by atoms with van der Waals surface area (Å²) in [6, 6.07) is 11.4. The zero-order valence-corrected chi connectivity index (χ0v) is 16.6. The van der Waals surface area contributed by atoms with Crippen molar-refractivity contribution >= 4 is 35.0 Å². The molecule has 0 aliphatic rings. The Bertz CT molecular complexity index is 866. The van der Waals surface area contributed by atoms with E-state index in [4.69, 9.17) is 16.3 Å². The van der Waals surface area contributed by atoms with E-state index in [-0.39, 0.29) is 18.4 Å². The van der Waals surface area contributed by atoms with Gasteiger partial charge in [0.2, 0.25) is 5.91 Å². The molecule has 0 saturated carbocycles. The van der Waals surface area contributed by atoms with E-state index in [1.807, 2.05) is 6.92 Å². The summed E-state index contributed by atoms with van der Waals surface area (Å²) in [5, 5.41) is 3.34. The lowest BCUT2D eigenvalue weighted by Crippen LogP contribution is -2.43. The van der Waals surface area contributed by atoms with Crippen LogP contribution in [0.1, 0.15) is 29.8 Å². The molecule has 3 N–H and O–H groups in total. The summed E-state index contributed by atoms with van der Waals surface area (Å²) >= 11 is 5.93. The second-order valence-corrected chi connectivity index (χ2v) is 6.83. The maximum Gasteiger partial charge on any atom is 0.276 e. The first-order valence-corrected chi connectivity index (χ1v) is 9.03. The van der Waals surface area contributed by atoms with Gasteiger partial charge in [0.05, 0.1) is 0 Å². The van der Waals surface area contributed by atoms with Gasteiger partial charge < -0.3 is 10.1 Å². The average Bonchev–Trinajstić information content (AvgIpc) is 2.67. The summed E-state index contributed by atoms with van der Waals surface area (Å²) in [6.45, 7) is 5.14. The third kappa shape index (κ3) is 6.28. The van der Waals surface area contributed by atoms with Crippen LogP contribution in [0.4, 0.5) is 5.69 Å². The number of hydrogen-bond acceptors (Lipinski definition) is 4. The molecule has 2 rings (SSSR count). The molecule has 8 heteroatoms. The van der Waals surface area contributed by atoms with Gasteiger partial charge in [-0.15, -0.1) is 0 Å². The average molecular weight is 404 g/mol. The summed E-state index contributed by atoms with van der Waals surface area (Å²) in [5.74, 6) is -0.751. The van der Waals surface area contributed by atoms with Crippen LogP contribution >= 0.6 is 11.6 Å². The number of aryl methyl sites for hydroxylation is 1. The third-order valence-electron chi connectivity index (χ3n) is 3.75. The van der Waals surface area contributed by atoms with Crippen molar-refractivity contribution in [3.8, 4) is 5.75 Å². The summed E-state index contributed by atoms with van der Waals surface area (Å²) in [6.07, 6.45) is 0. The number of benzene rings is 2. The van der Waals surface area contributed by atoms with Gasteiger partial charge in [0.25, 0.3) is 11.8 Å². The van der Waals surface area contributed by atoms with Crippen molar-refractivity contribution in [2.45, 2.75) is 20.8 Å². The van der Waals surface area contributed by atoms with Gasteiger partial charge in [-0.3, -0.25) is 25.2 Å². The van der Waals surface area contributed by atoms with Crippen molar-refractivity contribution in [1.82, 2.24) is 10.9 Å². The van der Waals surface area contributed by atoms with Crippen LogP contribution in [0.5, 0.6) is 5.75 Å². The number of carbonyl (C=O) groups is 3.